The van der Waals surface area contributed by atoms with Crippen LogP contribution >= 0.6 is 0 Å². The average Bonchev–Trinajstić information content (AvgIpc) is 0.849. The topological polar surface area (TPSA) is 471 Å². The Labute approximate surface area is 669 Å². The number of carbonyl (C=O) groups excluding carboxylic acids is 14. The van der Waals surface area contributed by atoms with E-state index in [2.05, 4.69) is 25.9 Å². The summed E-state index contributed by atoms with van der Waals surface area (Å²) in [4.78, 5) is 184. The number of ether oxygens (including phenoxy) is 5. The molecule has 0 fully saturated rings. The van der Waals surface area contributed by atoms with Gasteiger partial charge in [0.2, 0.25) is 29.5 Å². The zero-order valence-electron chi connectivity index (χ0n) is 65.5. The number of carbonyl (C=O) groups is 14. The predicted octanol–water partition coefficient (Wildman–Crippen LogP) is 6.46. The smallest absolute Gasteiger partial charge is 0.508 e. The van der Waals surface area contributed by atoms with Gasteiger partial charge in [-0.25, -0.2) is 11.0 Å². The fourth-order valence-electron chi connectivity index (χ4n) is 12.2. The maximum absolute atomic E-state index is 14.4. The monoisotopic (exact) mass is 1600 g/mol. The molecule has 5 aromatic rings. The van der Waals surface area contributed by atoms with Gasteiger partial charge in [0.15, 0.2) is 11.6 Å². The molecule has 0 saturated heterocycles. The summed E-state index contributed by atoms with van der Waals surface area (Å²) in [5.74, 6) is -12.1. The van der Waals surface area contributed by atoms with Crippen molar-refractivity contribution in [2.45, 2.75) is 173 Å². The van der Waals surface area contributed by atoms with Gasteiger partial charge >= 0.3 is 180 Å². The van der Waals surface area contributed by atoms with E-state index in [1.165, 1.54) is 63.3 Å². The number of phenols is 2. The van der Waals surface area contributed by atoms with Crippen molar-refractivity contribution in [2.75, 3.05) is 53.9 Å². The molecule has 622 valence electrons. The summed E-state index contributed by atoms with van der Waals surface area (Å²) in [5.41, 5.74) is 6.49. The third-order valence-corrected chi connectivity index (χ3v) is 18.4. The van der Waals surface area contributed by atoms with Crippen LogP contribution < -0.4 is 32.2 Å². The molecule has 0 bridgehead atoms. The SMILES string of the molecule is COCCOCCCC(=O)[C@@H](CCC(=O)NO)NC(=O)[C@H](CCC(=O)NO)CC(=O)[C@@H](Cc1ccccc1)NC(=O)[C@@H](CC(C)=O)Cc1ccc(O)cc1.COCCOCCCC(=O)[C@@H](CCC(=O)OB=N)NC(=O)[C@H](CCC(=O)OCc1ccccc1)CC(=O)[C@@H](Cc1ccccc1)NC(=O)[C@@H](CC(C)=O)Cc1ccc(O)cc1. The van der Waals surface area contributed by atoms with Crippen LogP contribution in [0.4, 0.5) is 0 Å². The van der Waals surface area contributed by atoms with Crippen LogP contribution in [-0.4, -0.2) is 188 Å². The Bertz CT molecular complexity index is 3900. The first kappa shape index (κ1) is 96.5. The van der Waals surface area contributed by atoms with E-state index in [1.807, 2.05) is 6.07 Å². The number of benzene rings is 5. The molecule has 31 nitrogen and oxygen atoms in total. The quantitative estimate of drug-likeness (QED) is 0.00654. The van der Waals surface area contributed by atoms with Crippen molar-refractivity contribution in [3.63, 3.8) is 0 Å². The summed E-state index contributed by atoms with van der Waals surface area (Å²) >= 11 is 0. The zero-order chi connectivity index (χ0) is 84.3. The van der Waals surface area contributed by atoms with Crippen LogP contribution in [0.3, 0.4) is 0 Å². The first-order valence-corrected chi connectivity index (χ1v) is 38.1. The number of hydrogen-bond donors (Lipinski definition) is 11. The molecular formula is C83H108BN7O24. The van der Waals surface area contributed by atoms with Crippen molar-refractivity contribution in [2.24, 2.45) is 23.7 Å². The number of methoxy groups -OCH3 is 2. The van der Waals surface area contributed by atoms with Gasteiger partial charge in [-0.15, -0.1) is 0 Å². The molecule has 115 heavy (non-hydrogen) atoms. The Hall–Kier alpha value is -10.9. The molecule has 32 heteroatoms. The van der Waals surface area contributed by atoms with Crippen LogP contribution in [0.25, 0.3) is 0 Å². The van der Waals surface area contributed by atoms with Crippen molar-refractivity contribution >= 4 is 89.4 Å². The molecule has 0 heterocycles. The molecule has 0 aliphatic heterocycles. The first-order chi connectivity index (χ1) is 55.2. The van der Waals surface area contributed by atoms with Crippen molar-refractivity contribution in [3.05, 3.63) is 167 Å². The number of hydrogen-bond acceptors (Lipinski definition) is 25. The van der Waals surface area contributed by atoms with Gasteiger partial charge in [-0.3, -0.25) is 44.0 Å². The van der Waals surface area contributed by atoms with E-state index in [1.54, 1.807) is 109 Å². The molecule has 6 amide bonds. The average molecular weight is 1600 g/mol. The van der Waals surface area contributed by atoms with Crippen LogP contribution in [0.1, 0.15) is 144 Å². The van der Waals surface area contributed by atoms with Crippen molar-refractivity contribution < 1.29 is 116 Å². The third-order valence-electron chi connectivity index (χ3n) is 18.4. The fourth-order valence-corrected chi connectivity index (χ4v) is 12.2. The molecule has 0 aromatic heterocycles. The van der Waals surface area contributed by atoms with Gasteiger partial charge in [0.25, 0.3) is 0 Å². The van der Waals surface area contributed by atoms with E-state index >= 15 is 0 Å². The van der Waals surface area contributed by atoms with Gasteiger partial charge in [-0.1, -0.05) is 115 Å². The molecule has 5 aromatic carbocycles. The summed E-state index contributed by atoms with van der Waals surface area (Å²) in [6, 6.07) is 34.4. The normalized spacial score (nSPS) is 12.9. The molecule has 11 N–H and O–H groups in total. The minimum atomic E-state index is -1.21. The number of Topliss-reactive ketones (excluding diaryl/α,β-unsaturated/α-hetero) is 6. The Morgan fingerprint density at radius 2 is 0.722 bits per heavy atom. The van der Waals surface area contributed by atoms with Crippen LogP contribution in [-0.2, 0) is 128 Å². The van der Waals surface area contributed by atoms with Gasteiger partial charge in [0, 0.05) is 77.1 Å². The molecule has 0 unspecified atom stereocenters. The number of hydroxylamine groups is 2. The Morgan fingerprint density at radius 1 is 0.374 bits per heavy atom. The maximum atomic E-state index is 14.4. The van der Waals surface area contributed by atoms with E-state index < -0.39 is 131 Å². The molecule has 0 radical (unpaired) electrons. The minimum absolute atomic E-state index is 0.0101. The molecule has 0 aliphatic carbocycles. The summed E-state index contributed by atoms with van der Waals surface area (Å²) in [5, 5.41) is 55.5. The number of rotatable bonds is 57. The third kappa shape index (κ3) is 40.6. The van der Waals surface area contributed by atoms with Gasteiger partial charge in [-0.05, 0) is 104 Å². The van der Waals surface area contributed by atoms with Gasteiger partial charge < -0.3 is 44.6 Å². The summed E-state index contributed by atoms with van der Waals surface area (Å²) < 4.78 is 30.8. The minimum Gasteiger partial charge on any atom is -0.508 e. The number of phenolic OH excluding ortho intramolecular Hbond substituents is 2. The number of aromatic hydroxyl groups is 2. The van der Waals surface area contributed by atoms with Crippen LogP contribution in [0.15, 0.2) is 140 Å². The first-order valence-electron chi connectivity index (χ1n) is 38.1. The van der Waals surface area contributed by atoms with Crippen LogP contribution in [0, 0.1) is 29.0 Å². The second-order valence-corrected chi connectivity index (χ2v) is 27.6. The van der Waals surface area contributed by atoms with Crippen molar-refractivity contribution in [1.29, 1.82) is 5.31 Å². The van der Waals surface area contributed by atoms with Crippen LogP contribution in [0.5, 0.6) is 11.5 Å². The van der Waals surface area contributed by atoms with Crippen molar-refractivity contribution in [1.82, 2.24) is 32.2 Å². The summed E-state index contributed by atoms with van der Waals surface area (Å²) in [6.45, 7) is 4.56. The molecule has 5 rings (SSSR count). The van der Waals surface area contributed by atoms with E-state index in [4.69, 9.17) is 39.4 Å². The van der Waals surface area contributed by atoms with E-state index in [9.17, 15) is 77.3 Å². The number of esters is 1. The molecule has 0 saturated carbocycles. The number of nitrogens with one attached hydrogen (secondary N) is 7. The Morgan fingerprint density at radius 3 is 1.10 bits per heavy atom. The Balaban J connectivity index is 0.000000488. The van der Waals surface area contributed by atoms with E-state index in [-0.39, 0.29) is 146 Å². The zero-order valence-corrected chi connectivity index (χ0v) is 65.5. The van der Waals surface area contributed by atoms with Gasteiger partial charge in [0.05, 0.1) is 25.3 Å². The summed E-state index contributed by atoms with van der Waals surface area (Å²) in [7, 11) is 3.52. The molecule has 0 aliphatic rings. The van der Waals surface area contributed by atoms with Gasteiger partial charge in [-0.2, -0.15) is 0 Å². The van der Waals surface area contributed by atoms with Crippen LogP contribution in [0.2, 0.25) is 0 Å². The number of ketones is 6. The van der Waals surface area contributed by atoms with E-state index in [0.29, 0.717) is 68.8 Å². The van der Waals surface area contributed by atoms with E-state index in [0.717, 1.165) is 5.56 Å². The predicted molar refractivity (Wildman–Crippen MR) is 417 cm³/mol. The van der Waals surface area contributed by atoms with Gasteiger partial charge in [0.1, 0.15) is 29.7 Å². The Kier molecular flexibility index (Phi) is 46.6. The standard InChI is InChI=1S/C45H56BN3O12.C38H52N4O12/c1-31(50)26-36(27-33-15-18-37(51)19-16-33)45(57)49-39(28-32-10-5-3-6-11-32)41(53)29-35(17-21-42(54)60-30-34-12-7-4-8-13-34)44(56)48-38(20-22-43(55)61-46-47)40(52)14-9-23-59-25-24-58-2;1-25(43)21-29(22-27-10-13-30(44)14-11-27)38(50)40-32(23-26-7-4-3-5-8-26)34(46)24-28(12-16-35(47)41-51)37(49)39-31(15-17-36(48)42-52)33(45)9-6-18-54-20-19-53-2/h3-8,10-13,15-16,18-19,35-36,38-39,47,51H,9,14,17,20-30H2,1-2H3,(H,48,56)(H,49,57);3-5,7-8,10-11,13-14,28-29,31-32,44,51-52H,6,9,12,15-24H2,1-2H3,(H,39,49)(H,40,50)(H,41,47)(H,42,48)/t35-,36+,38-,39-;28-,29+,31-,32-/m11/s1. The summed E-state index contributed by atoms with van der Waals surface area (Å²) in [6.07, 6.45) is -2.17. The molecule has 0 spiro atoms. The second kappa shape index (κ2) is 55.6. The second-order valence-electron chi connectivity index (χ2n) is 27.6. The van der Waals surface area contributed by atoms with Crippen molar-refractivity contribution in [3.8, 4) is 11.5 Å². The number of amides is 6. The molecular weight excluding hydrogens is 1490 g/mol. The molecule has 8 atom stereocenters. The fraction of sp³-hybridized carbons (Fsp3) is 0.470.